The van der Waals surface area contributed by atoms with E-state index in [0.29, 0.717) is 12.3 Å². The van der Waals surface area contributed by atoms with Gasteiger partial charge < -0.3 is 20.5 Å². The lowest BCUT2D eigenvalue weighted by Gasteiger charge is -2.28. The van der Waals surface area contributed by atoms with Gasteiger partial charge in [-0.15, -0.1) is 0 Å². The lowest BCUT2D eigenvalue weighted by molar-refractivity contribution is -0.132. The first-order valence-corrected chi connectivity index (χ1v) is 7.42. The number of rotatable bonds is 5. The van der Waals surface area contributed by atoms with E-state index in [1.54, 1.807) is 29.2 Å². The van der Waals surface area contributed by atoms with Crippen LogP contribution in [0, 0.1) is 5.92 Å². The SMILES string of the molecule is CN(CC1CCOCC1)C(=O)[C@H](N)Cc1ccc(O)cc1. The highest BCUT2D eigenvalue weighted by Gasteiger charge is 2.22. The van der Waals surface area contributed by atoms with Crippen LogP contribution >= 0.6 is 0 Å². The van der Waals surface area contributed by atoms with Gasteiger partial charge in [-0.2, -0.15) is 0 Å². The Bertz CT molecular complexity index is 455. The van der Waals surface area contributed by atoms with E-state index in [1.807, 2.05) is 7.05 Å². The number of phenols is 1. The zero-order valence-electron chi connectivity index (χ0n) is 12.5. The van der Waals surface area contributed by atoms with Gasteiger partial charge in [0.15, 0.2) is 0 Å². The van der Waals surface area contributed by atoms with Crippen LogP contribution in [0.25, 0.3) is 0 Å². The molecule has 1 aromatic rings. The molecule has 0 unspecified atom stereocenters. The van der Waals surface area contributed by atoms with Crippen LogP contribution in [-0.2, 0) is 16.0 Å². The number of benzene rings is 1. The third-order valence-corrected chi connectivity index (χ3v) is 3.96. The standard InChI is InChI=1S/C16H24N2O3/c1-18(11-13-6-8-21-9-7-13)16(20)15(17)10-12-2-4-14(19)5-3-12/h2-5,13,15,19H,6-11,17H2,1H3/t15-/m1/s1. The summed E-state index contributed by atoms with van der Waals surface area (Å²) in [6.07, 6.45) is 2.49. The van der Waals surface area contributed by atoms with Gasteiger partial charge in [-0.25, -0.2) is 0 Å². The number of likely N-dealkylation sites (N-methyl/N-ethyl adjacent to an activating group) is 1. The first-order chi connectivity index (χ1) is 10.1. The summed E-state index contributed by atoms with van der Waals surface area (Å²) in [5.41, 5.74) is 6.97. The van der Waals surface area contributed by atoms with Crippen LogP contribution < -0.4 is 5.73 Å². The number of nitrogens with zero attached hydrogens (tertiary/aromatic N) is 1. The molecule has 1 aromatic carbocycles. The van der Waals surface area contributed by atoms with E-state index in [1.165, 1.54) is 0 Å². The van der Waals surface area contributed by atoms with Crippen molar-refractivity contribution >= 4 is 5.91 Å². The third-order valence-electron chi connectivity index (χ3n) is 3.96. The highest BCUT2D eigenvalue weighted by molar-refractivity contribution is 5.81. The Morgan fingerprint density at radius 3 is 2.62 bits per heavy atom. The monoisotopic (exact) mass is 292 g/mol. The van der Waals surface area contributed by atoms with Gasteiger partial charge in [0.25, 0.3) is 0 Å². The Morgan fingerprint density at radius 2 is 2.00 bits per heavy atom. The average molecular weight is 292 g/mol. The predicted octanol–water partition coefficient (Wildman–Crippen LogP) is 1.15. The summed E-state index contributed by atoms with van der Waals surface area (Å²) in [4.78, 5) is 14.0. The van der Waals surface area contributed by atoms with Crippen LogP contribution in [0.15, 0.2) is 24.3 Å². The minimum Gasteiger partial charge on any atom is -0.508 e. The summed E-state index contributed by atoms with van der Waals surface area (Å²) in [6, 6.07) is 6.26. The summed E-state index contributed by atoms with van der Waals surface area (Å²) in [6.45, 7) is 2.31. The second kappa shape index (κ2) is 7.43. The van der Waals surface area contributed by atoms with Gasteiger partial charge in [-0.3, -0.25) is 4.79 Å². The topological polar surface area (TPSA) is 75.8 Å². The molecule has 0 spiro atoms. The molecule has 1 aliphatic heterocycles. The molecule has 1 fully saturated rings. The second-order valence-electron chi connectivity index (χ2n) is 5.75. The highest BCUT2D eigenvalue weighted by atomic mass is 16.5. The molecule has 0 saturated carbocycles. The molecule has 1 heterocycles. The molecule has 5 nitrogen and oxygen atoms in total. The maximum absolute atomic E-state index is 12.3. The van der Waals surface area contributed by atoms with Crippen molar-refractivity contribution in [3.8, 4) is 5.75 Å². The Balaban J connectivity index is 1.84. The number of nitrogens with two attached hydrogens (primary N) is 1. The van der Waals surface area contributed by atoms with Gasteiger partial charge in [-0.05, 0) is 42.9 Å². The number of hydrogen-bond acceptors (Lipinski definition) is 4. The molecular formula is C16H24N2O3. The van der Waals surface area contributed by atoms with Crippen molar-refractivity contribution in [2.45, 2.75) is 25.3 Å². The van der Waals surface area contributed by atoms with Crippen molar-refractivity contribution in [2.24, 2.45) is 11.7 Å². The van der Waals surface area contributed by atoms with Gasteiger partial charge in [0.1, 0.15) is 5.75 Å². The number of amides is 1. The second-order valence-corrected chi connectivity index (χ2v) is 5.75. The maximum Gasteiger partial charge on any atom is 0.239 e. The number of phenolic OH excluding ortho intramolecular Hbond substituents is 1. The van der Waals surface area contributed by atoms with Gasteiger partial charge in [0.2, 0.25) is 5.91 Å². The lowest BCUT2D eigenvalue weighted by Crippen LogP contribution is -2.45. The molecule has 116 valence electrons. The first kappa shape index (κ1) is 15.8. The fourth-order valence-corrected chi connectivity index (χ4v) is 2.66. The molecule has 3 N–H and O–H groups in total. The molecule has 21 heavy (non-hydrogen) atoms. The molecule has 1 aliphatic rings. The van der Waals surface area contributed by atoms with E-state index < -0.39 is 6.04 Å². The Hall–Kier alpha value is -1.59. The quantitative estimate of drug-likeness (QED) is 0.853. The molecule has 0 aromatic heterocycles. The van der Waals surface area contributed by atoms with Crippen molar-refractivity contribution in [2.75, 3.05) is 26.8 Å². The fourth-order valence-electron chi connectivity index (χ4n) is 2.66. The summed E-state index contributed by atoms with van der Waals surface area (Å²) in [5.74, 6) is 0.693. The van der Waals surface area contributed by atoms with Gasteiger partial charge in [0.05, 0.1) is 6.04 Å². The first-order valence-electron chi connectivity index (χ1n) is 7.42. The van der Waals surface area contributed by atoms with Crippen molar-refractivity contribution in [3.63, 3.8) is 0 Å². The highest BCUT2D eigenvalue weighted by Crippen LogP contribution is 2.16. The minimum absolute atomic E-state index is 0.0328. The van der Waals surface area contributed by atoms with Crippen LogP contribution in [0.3, 0.4) is 0 Å². The summed E-state index contributed by atoms with van der Waals surface area (Å²) >= 11 is 0. The number of hydrogen-bond donors (Lipinski definition) is 2. The largest absolute Gasteiger partial charge is 0.508 e. The summed E-state index contributed by atoms with van der Waals surface area (Å²) < 4.78 is 5.33. The van der Waals surface area contributed by atoms with Crippen LogP contribution in [0.1, 0.15) is 18.4 Å². The third kappa shape index (κ3) is 4.72. The van der Waals surface area contributed by atoms with E-state index >= 15 is 0 Å². The van der Waals surface area contributed by atoms with Crippen molar-refractivity contribution in [1.29, 1.82) is 0 Å². The molecule has 2 rings (SSSR count). The van der Waals surface area contributed by atoms with Crippen LogP contribution in [-0.4, -0.2) is 48.8 Å². The van der Waals surface area contributed by atoms with E-state index in [-0.39, 0.29) is 11.7 Å². The molecule has 0 radical (unpaired) electrons. The number of carbonyl (C=O) groups is 1. The molecular weight excluding hydrogens is 268 g/mol. The van der Waals surface area contributed by atoms with Crippen LogP contribution in [0.2, 0.25) is 0 Å². The Kier molecular flexibility index (Phi) is 5.59. The molecule has 1 atom stereocenters. The fraction of sp³-hybridized carbons (Fsp3) is 0.562. The zero-order valence-corrected chi connectivity index (χ0v) is 12.5. The lowest BCUT2D eigenvalue weighted by atomic mass is 9.99. The minimum atomic E-state index is -0.542. The van der Waals surface area contributed by atoms with Crippen molar-refractivity contribution < 1.29 is 14.6 Å². The molecule has 1 amide bonds. The predicted molar refractivity (Wildman–Crippen MR) is 81.0 cm³/mol. The smallest absolute Gasteiger partial charge is 0.239 e. The zero-order chi connectivity index (χ0) is 15.2. The Morgan fingerprint density at radius 1 is 1.38 bits per heavy atom. The summed E-state index contributed by atoms with van der Waals surface area (Å²) in [7, 11) is 1.81. The van der Waals surface area contributed by atoms with Gasteiger partial charge in [0, 0.05) is 26.8 Å². The van der Waals surface area contributed by atoms with Crippen LogP contribution in [0.4, 0.5) is 0 Å². The van der Waals surface area contributed by atoms with E-state index in [9.17, 15) is 9.90 Å². The van der Waals surface area contributed by atoms with Crippen molar-refractivity contribution in [3.05, 3.63) is 29.8 Å². The van der Waals surface area contributed by atoms with Gasteiger partial charge >= 0.3 is 0 Å². The van der Waals surface area contributed by atoms with Crippen molar-refractivity contribution in [1.82, 2.24) is 4.90 Å². The number of ether oxygens (including phenoxy) is 1. The molecule has 0 bridgehead atoms. The van der Waals surface area contributed by atoms with E-state index in [4.69, 9.17) is 10.5 Å². The average Bonchev–Trinajstić information content (AvgIpc) is 2.49. The molecule has 5 heteroatoms. The molecule has 1 saturated heterocycles. The maximum atomic E-state index is 12.3. The summed E-state index contributed by atoms with van der Waals surface area (Å²) in [5, 5.41) is 9.25. The van der Waals surface area contributed by atoms with Crippen LogP contribution in [0.5, 0.6) is 5.75 Å². The number of carbonyl (C=O) groups excluding carboxylic acids is 1. The Labute approximate surface area is 125 Å². The molecule has 0 aliphatic carbocycles. The normalized spacial score (nSPS) is 17.4. The van der Waals surface area contributed by atoms with E-state index in [2.05, 4.69) is 0 Å². The van der Waals surface area contributed by atoms with Gasteiger partial charge in [-0.1, -0.05) is 12.1 Å². The number of aromatic hydroxyl groups is 1. The van der Waals surface area contributed by atoms with E-state index in [0.717, 1.165) is 38.2 Å².